The van der Waals surface area contributed by atoms with Crippen molar-refractivity contribution in [3.05, 3.63) is 46.9 Å². The van der Waals surface area contributed by atoms with E-state index in [0.29, 0.717) is 6.07 Å². The molecule has 6 nitrogen and oxygen atoms in total. The van der Waals surface area contributed by atoms with Gasteiger partial charge in [0.05, 0.1) is 17.8 Å². The molecule has 1 unspecified atom stereocenters. The third kappa shape index (κ3) is 4.23. The Balaban J connectivity index is 1.87. The average Bonchev–Trinajstić information content (AvgIpc) is 3.09. The zero-order chi connectivity index (χ0) is 18.7. The van der Waals surface area contributed by atoms with Gasteiger partial charge in [0.2, 0.25) is 5.88 Å². The summed E-state index contributed by atoms with van der Waals surface area (Å²) in [6.07, 6.45) is -0.252. The Morgan fingerprint density at radius 3 is 2.65 bits per heavy atom. The van der Waals surface area contributed by atoms with Crippen molar-refractivity contribution in [1.29, 1.82) is 0 Å². The smallest absolute Gasteiger partial charge is 0.417 e. The van der Waals surface area contributed by atoms with Crippen molar-refractivity contribution in [3.63, 3.8) is 0 Å². The number of carbonyl (C=O) groups excluding carboxylic acids is 1. The SMILES string of the molecule is O=C(CC1C=NC=N1)c1cnc(Oc2ccc(Cl)nc2)cc1C(F)(F)F. The van der Waals surface area contributed by atoms with Gasteiger partial charge in [0, 0.05) is 30.5 Å². The van der Waals surface area contributed by atoms with Crippen molar-refractivity contribution >= 4 is 29.9 Å². The normalized spacial score (nSPS) is 16.1. The molecule has 0 spiro atoms. The number of ether oxygens (including phenoxy) is 1. The molecule has 0 saturated heterocycles. The Hall–Kier alpha value is -2.81. The number of rotatable bonds is 5. The summed E-state index contributed by atoms with van der Waals surface area (Å²) in [7, 11) is 0. The Bertz CT molecular complexity index is 870. The summed E-state index contributed by atoms with van der Waals surface area (Å²) in [4.78, 5) is 27.4. The second-order valence-electron chi connectivity index (χ2n) is 5.24. The van der Waals surface area contributed by atoms with Crippen LogP contribution in [0.25, 0.3) is 0 Å². The van der Waals surface area contributed by atoms with E-state index in [0.717, 1.165) is 6.20 Å². The molecule has 0 radical (unpaired) electrons. The van der Waals surface area contributed by atoms with Crippen LogP contribution in [0.2, 0.25) is 5.15 Å². The molecule has 1 aliphatic heterocycles. The number of pyridine rings is 2. The van der Waals surface area contributed by atoms with Gasteiger partial charge in [-0.1, -0.05) is 11.6 Å². The van der Waals surface area contributed by atoms with Crippen LogP contribution in [0, 0.1) is 0 Å². The third-order valence-electron chi connectivity index (χ3n) is 3.38. The van der Waals surface area contributed by atoms with Gasteiger partial charge in [-0.05, 0) is 12.1 Å². The molecule has 26 heavy (non-hydrogen) atoms. The lowest BCUT2D eigenvalue weighted by Gasteiger charge is -2.14. The topological polar surface area (TPSA) is 76.8 Å². The van der Waals surface area contributed by atoms with Gasteiger partial charge in [-0.2, -0.15) is 13.2 Å². The summed E-state index contributed by atoms with van der Waals surface area (Å²) in [5.74, 6) is -0.899. The van der Waals surface area contributed by atoms with E-state index in [1.54, 1.807) is 0 Å². The molecule has 0 aromatic carbocycles. The van der Waals surface area contributed by atoms with Gasteiger partial charge < -0.3 is 4.74 Å². The number of nitrogens with zero attached hydrogens (tertiary/aromatic N) is 4. The monoisotopic (exact) mass is 382 g/mol. The molecule has 2 aromatic rings. The van der Waals surface area contributed by atoms with Gasteiger partial charge >= 0.3 is 6.18 Å². The van der Waals surface area contributed by atoms with Gasteiger partial charge in [-0.3, -0.25) is 9.79 Å². The van der Waals surface area contributed by atoms with E-state index in [2.05, 4.69) is 20.0 Å². The van der Waals surface area contributed by atoms with Crippen LogP contribution >= 0.6 is 11.6 Å². The maximum Gasteiger partial charge on any atom is 0.417 e. The lowest BCUT2D eigenvalue weighted by atomic mass is 10.0. The van der Waals surface area contributed by atoms with Crippen LogP contribution in [0.15, 0.2) is 40.6 Å². The molecular formula is C16H10ClF3N4O2. The molecule has 10 heteroatoms. The first-order chi connectivity index (χ1) is 12.3. The van der Waals surface area contributed by atoms with Gasteiger partial charge in [0.15, 0.2) is 5.78 Å². The largest absolute Gasteiger partial charge is 0.437 e. The summed E-state index contributed by atoms with van der Waals surface area (Å²) >= 11 is 5.64. The van der Waals surface area contributed by atoms with Crippen molar-refractivity contribution in [2.75, 3.05) is 0 Å². The highest BCUT2D eigenvalue weighted by molar-refractivity contribution is 6.29. The van der Waals surface area contributed by atoms with Crippen LogP contribution < -0.4 is 4.74 Å². The number of carbonyl (C=O) groups is 1. The number of aromatic nitrogens is 2. The van der Waals surface area contributed by atoms with Crippen molar-refractivity contribution in [3.8, 4) is 11.6 Å². The first-order valence-corrected chi connectivity index (χ1v) is 7.65. The lowest BCUT2D eigenvalue weighted by Crippen LogP contribution is -2.17. The first-order valence-electron chi connectivity index (χ1n) is 7.28. The summed E-state index contributed by atoms with van der Waals surface area (Å²) in [5.41, 5.74) is -1.68. The second-order valence-corrected chi connectivity index (χ2v) is 5.63. The van der Waals surface area contributed by atoms with E-state index in [1.165, 1.54) is 30.9 Å². The molecule has 3 rings (SSSR count). The summed E-state index contributed by atoms with van der Waals surface area (Å²) in [6.45, 7) is 0. The molecule has 1 aliphatic rings. The molecular weight excluding hydrogens is 373 g/mol. The predicted molar refractivity (Wildman–Crippen MR) is 88.3 cm³/mol. The zero-order valence-corrected chi connectivity index (χ0v) is 13.7. The highest BCUT2D eigenvalue weighted by atomic mass is 35.5. The van der Waals surface area contributed by atoms with E-state index >= 15 is 0 Å². The summed E-state index contributed by atoms with van der Waals surface area (Å²) in [5, 5.41) is 0.209. The van der Waals surface area contributed by atoms with Crippen molar-refractivity contribution < 1.29 is 22.7 Å². The second kappa shape index (κ2) is 7.20. The maximum absolute atomic E-state index is 13.4. The Labute approximate surface area is 150 Å². The molecule has 0 aliphatic carbocycles. The molecule has 0 amide bonds. The maximum atomic E-state index is 13.4. The highest BCUT2D eigenvalue weighted by Crippen LogP contribution is 2.35. The van der Waals surface area contributed by atoms with Gasteiger partial charge in [0.1, 0.15) is 17.2 Å². The van der Waals surface area contributed by atoms with E-state index < -0.39 is 29.1 Å². The number of hydrogen-bond acceptors (Lipinski definition) is 6. The predicted octanol–water partition coefficient (Wildman–Crippen LogP) is 4.00. The fraction of sp³-hybridized carbons (Fsp3) is 0.188. The fourth-order valence-corrected chi connectivity index (χ4v) is 2.31. The lowest BCUT2D eigenvalue weighted by molar-refractivity contribution is -0.138. The van der Waals surface area contributed by atoms with Crippen molar-refractivity contribution in [2.45, 2.75) is 18.6 Å². The summed E-state index contributed by atoms with van der Waals surface area (Å²) in [6, 6.07) is 2.96. The molecule has 0 bridgehead atoms. The van der Waals surface area contributed by atoms with E-state index in [-0.39, 0.29) is 23.2 Å². The van der Waals surface area contributed by atoms with E-state index in [9.17, 15) is 18.0 Å². The van der Waals surface area contributed by atoms with E-state index in [1.807, 2.05) is 0 Å². The van der Waals surface area contributed by atoms with Crippen LogP contribution in [0.1, 0.15) is 22.3 Å². The number of ketones is 1. The molecule has 0 N–H and O–H groups in total. The number of Topliss-reactive ketones (excluding diaryl/α,β-unsaturated/α-hetero) is 1. The summed E-state index contributed by atoms with van der Waals surface area (Å²) < 4.78 is 45.4. The van der Waals surface area contributed by atoms with Crippen molar-refractivity contribution in [2.24, 2.45) is 9.98 Å². The number of aliphatic imine (C=N–C) groups is 2. The number of hydrogen-bond donors (Lipinski definition) is 0. The highest BCUT2D eigenvalue weighted by Gasteiger charge is 2.36. The van der Waals surface area contributed by atoms with Crippen LogP contribution in [0.5, 0.6) is 11.6 Å². The molecule has 0 saturated carbocycles. The third-order valence-corrected chi connectivity index (χ3v) is 3.61. The molecule has 2 aromatic heterocycles. The average molecular weight is 383 g/mol. The Morgan fingerprint density at radius 2 is 2.04 bits per heavy atom. The first kappa shape index (κ1) is 18.0. The minimum atomic E-state index is -4.75. The molecule has 134 valence electrons. The van der Waals surface area contributed by atoms with Gasteiger partial charge in [-0.25, -0.2) is 15.0 Å². The standard InChI is InChI=1S/C16H10ClF3N4O2/c17-14-2-1-10(6-22-14)26-15-4-12(16(18,19)20)11(7-23-15)13(25)3-9-5-21-8-24-9/h1-2,4-9H,3H2. The molecule has 3 heterocycles. The van der Waals surface area contributed by atoms with Gasteiger partial charge in [-0.15, -0.1) is 0 Å². The van der Waals surface area contributed by atoms with Crippen LogP contribution in [-0.2, 0) is 6.18 Å². The minimum Gasteiger partial charge on any atom is -0.437 e. The fourth-order valence-electron chi connectivity index (χ4n) is 2.20. The Morgan fingerprint density at radius 1 is 1.23 bits per heavy atom. The molecule has 0 fully saturated rings. The Kier molecular flexibility index (Phi) is 4.99. The zero-order valence-electron chi connectivity index (χ0n) is 12.9. The van der Waals surface area contributed by atoms with Crippen LogP contribution in [0.4, 0.5) is 13.2 Å². The van der Waals surface area contributed by atoms with Gasteiger partial charge in [0.25, 0.3) is 0 Å². The van der Waals surface area contributed by atoms with Crippen molar-refractivity contribution in [1.82, 2.24) is 9.97 Å². The van der Waals surface area contributed by atoms with E-state index in [4.69, 9.17) is 16.3 Å². The van der Waals surface area contributed by atoms with Crippen LogP contribution in [-0.4, -0.2) is 34.3 Å². The number of alkyl halides is 3. The molecule has 1 atom stereocenters. The van der Waals surface area contributed by atoms with Crippen LogP contribution in [0.3, 0.4) is 0 Å². The minimum absolute atomic E-state index is 0.158. The number of halogens is 4. The quantitative estimate of drug-likeness (QED) is 0.578.